The van der Waals surface area contributed by atoms with Gasteiger partial charge in [0, 0.05) is 12.8 Å². The summed E-state index contributed by atoms with van der Waals surface area (Å²) < 4.78 is 4.35. The topological polar surface area (TPSA) is 43.4 Å². The molecule has 0 aliphatic carbocycles. The molecule has 3 nitrogen and oxygen atoms in total. The number of ether oxygens (including phenoxy) is 1. The Kier molecular flexibility index (Phi) is 19.0. The summed E-state index contributed by atoms with van der Waals surface area (Å²) in [4.78, 5) is 21.1. The van der Waals surface area contributed by atoms with E-state index in [4.69, 9.17) is 0 Å². The van der Waals surface area contributed by atoms with E-state index in [0.29, 0.717) is 12.8 Å². The van der Waals surface area contributed by atoms with Gasteiger partial charge in [0.15, 0.2) is 0 Å². The van der Waals surface area contributed by atoms with Crippen LogP contribution in [0.1, 0.15) is 47.5 Å². The Hall–Kier alpha value is -0.860. The highest BCUT2D eigenvalue weighted by molar-refractivity contribution is 5.82. The molecule has 0 fully saturated rings. The monoisotopic (exact) mass is 190 g/mol. The van der Waals surface area contributed by atoms with E-state index >= 15 is 0 Å². The van der Waals surface area contributed by atoms with Gasteiger partial charge >= 0.3 is 5.97 Å². The Morgan fingerprint density at radius 2 is 1.62 bits per heavy atom. The summed E-state index contributed by atoms with van der Waals surface area (Å²) in [6, 6.07) is 0. The average Bonchev–Trinajstić information content (AvgIpc) is 2.16. The summed E-state index contributed by atoms with van der Waals surface area (Å²) in [6.07, 6.45) is 1.02. The Morgan fingerprint density at radius 3 is 1.92 bits per heavy atom. The first kappa shape index (κ1) is 18.0. The number of esters is 1. The van der Waals surface area contributed by atoms with Crippen LogP contribution in [0.5, 0.6) is 0 Å². The molecule has 0 aromatic rings. The average molecular weight is 190 g/mol. The van der Waals surface area contributed by atoms with E-state index in [9.17, 15) is 9.59 Å². The van der Waals surface area contributed by atoms with Crippen LogP contribution in [0.25, 0.3) is 0 Å². The molecule has 0 amide bonds. The molecule has 0 aliphatic rings. The molecule has 0 aromatic heterocycles. The normalized spacial score (nSPS) is 7.38. The fourth-order valence-corrected chi connectivity index (χ4v) is 0.520. The Labute approximate surface area is 81.5 Å². The van der Waals surface area contributed by atoms with Crippen LogP contribution in [-0.2, 0) is 14.3 Å². The zero-order chi connectivity index (χ0) is 9.98. The van der Waals surface area contributed by atoms with E-state index < -0.39 is 0 Å². The minimum Gasteiger partial charge on any atom is -0.469 e. The van der Waals surface area contributed by atoms with E-state index in [1.165, 1.54) is 7.11 Å². The minimum atomic E-state index is -0.318. The smallest absolute Gasteiger partial charge is 0.305 e. The lowest BCUT2D eigenvalue weighted by Gasteiger charge is -1.95. The molecule has 0 aliphatic heterocycles. The molecule has 80 valence electrons. The Bertz CT molecular complexity index is 114. The number of Topliss-reactive ketones (excluding diaryl/α,β-unsaturated/α-hetero) is 1. The molecule has 0 saturated heterocycles. The molecule has 0 radical (unpaired) electrons. The van der Waals surface area contributed by atoms with Crippen molar-refractivity contribution in [3.63, 3.8) is 0 Å². The van der Waals surface area contributed by atoms with Crippen molar-refractivity contribution in [3.8, 4) is 0 Å². The molecule has 3 heteroatoms. The van der Waals surface area contributed by atoms with Gasteiger partial charge in [-0.2, -0.15) is 0 Å². The first-order valence-electron chi connectivity index (χ1n) is 4.29. The number of rotatable bonds is 4. The summed E-state index contributed by atoms with van der Waals surface area (Å²) in [7, 11) is 1.32. The number of carbonyl (C=O) groups is 2. The van der Waals surface area contributed by atoms with E-state index in [-0.39, 0.29) is 25.6 Å². The first-order chi connectivity index (χ1) is 5.70. The second-order valence-corrected chi connectivity index (χ2v) is 1.97. The molecule has 0 rings (SSSR count). The lowest BCUT2D eigenvalue weighted by Crippen LogP contribution is -2.04. The van der Waals surface area contributed by atoms with Crippen LogP contribution in [0, 0.1) is 0 Å². The van der Waals surface area contributed by atoms with Crippen molar-refractivity contribution in [1.82, 2.24) is 0 Å². The summed E-state index contributed by atoms with van der Waals surface area (Å²) in [5.41, 5.74) is 0. The molecule has 0 saturated carbocycles. The molecular formula is C10H22O3. The zero-order valence-electron chi connectivity index (χ0n) is 8.35. The van der Waals surface area contributed by atoms with Crippen LogP contribution in [-0.4, -0.2) is 18.9 Å². The van der Waals surface area contributed by atoms with Crippen molar-refractivity contribution in [2.75, 3.05) is 7.11 Å². The maximum absolute atomic E-state index is 10.6. The summed E-state index contributed by atoms with van der Waals surface area (Å²) >= 11 is 0. The van der Waals surface area contributed by atoms with Gasteiger partial charge in [-0.05, 0) is 0 Å². The highest BCUT2D eigenvalue weighted by atomic mass is 16.5. The number of methoxy groups -OCH3 is 1. The van der Waals surface area contributed by atoms with Crippen molar-refractivity contribution in [3.05, 3.63) is 0 Å². The standard InChI is InChI=1S/C7H12O3.C2H6.CH4/c1-3-6(8)4-5-7(9)10-2;1-2;/h3-5H2,1-2H3;1-2H3;1H4. The van der Waals surface area contributed by atoms with Crippen LogP contribution < -0.4 is 0 Å². The number of ketones is 1. The van der Waals surface area contributed by atoms with Crippen LogP contribution >= 0.6 is 0 Å². The minimum absolute atomic E-state index is 0. The predicted molar refractivity (Wildman–Crippen MR) is 54.6 cm³/mol. The third-order valence-corrected chi connectivity index (χ3v) is 1.23. The van der Waals surface area contributed by atoms with Crippen LogP contribution in [0.15, 0.2) is 0 Å². The van der Waals surface area contributed by atoms with Gasteiger partial charge in [-0.1, -0.05) is 28.2 Å². The molecule has 0 unspecified atom stereocenters. The molecule has 0 heterocycles. The molecule has 0 atom stereocenters. The van der Waals surface area contributed by atoms with Gasteiger partial charge in [0.25, 0.3) is 0 Å². The van der Waals surface area contributed by atoms with Crippen molar-refractivity contribution in [1.29, 1.82) is 0 Å². The lowest BCUT2D eigenvalue weighted by molar-refractivity contribution is -0.141. The van der Waals surface area contributed by atoms with Crippen LogP contribution in [0.4, 0.5) is 0 Å². The molecule has 0 spiro atoms. The summed E-state index contributed by atoms with van der Waals surface area (Å²) in [6.45, 7) is 5.78. The molecule has 0 aromatic carbocycles. The fourth-order valence-electron chi connectivity index (χ4n) is 0.520. The van der Waals surface area contributed by atoms with Gasteiger partial charge in [-0.25, -0.2) is 0 Å². The van der Waals surface area contributed by atoms with E-state index in [0.717, 1.165) is 0 Å². The molecule has 13 heavy (non-hydrogen) atoms. The highest BCUT2D eigenvalue weighted by Gasteiger charge is 2.03. The molecule has 0 N–H and O–H groups in total. The van der Waals surface area contributed by atoms with Crippen molar-refractivity contribution in [2.45, 2.75) is 47.5 Å². The Morgan fingerprint density at radius 1 is 1.15 bits per heavy atom. The van der Waals surface area contributed by atoms with Gasteiger partial charge < -0.3 is 4.74 Å². The fraction of sp³-hybridized carbons (Fsp3) is 0.800. The van der Waals surface area contributed by atoms with E-state index in [2.05, 4.69) is 4.74 Å². The van der Waals surface area contributed by atoms with Crippen LogP contribution in [0.3, 0.4) is 0 Å². The third kappa shape index (κ3) is 14.0. The van der Waals surface area contributed by atoms with Gasteiger partial charge in [0.05, 0.1) is 13.5 Å². The highest BCUT2D eigenvalue weighted by Crippen LogP contribution is 1.95. The van der Waals surface area contributed by atoms with Crippen molar-refractivity contribution >= 4 is 11.8 Å². The maximum Gasteiger partial charge on any atom is 0.305 e. The van der Waals surface area contributed by atoms with Gasteiger partial charge in [-0.15, -0.1) is 0 Å². The lowest BCUT2D eigenvalue weighted by atomic mass is 10.2. The summed E-state index contributed by atoms with van der Waals surface area (Å²) in [5.74, 6) is -0.216. The SMILES string of the molecule is C.CC.CCC(=O)CCC(=O)OC. The predicted octanol–water partition coefficient (Wildman–Crippen LogP) is 2.58. The van der Waals surface area contributed by atoms with E-state index in [1.54, 1.807) is 6.92 Å². The second kappa shape index (κ2) is 13.7. The van der Waals surface area contributed by atoms with Crippen molar-refractivity contribution in [2.24, 2.45) is 0 Å². The first-order valence-corrected chi connectivity index (χ1v) is 4.29. The number of hydrogen-bond acceptors (Lipinski definition) is 3. The third-order valence-electron chi connectivity index (χ3n) is 1.23. The quantitative estimate of drug-likeness (QED) is 0.640. The van der Waals surface area contributed by atoms with Gasteiger partial charge in [0.2, 0.25) is 0 Å². The Balaban J connectivity index is -0.000000309. The second-order valence-electron chi connectivity index (χ2n) is 1.97. The largest absolute Gasteiger partial charge is 0.469 e. The van der Waals surface area contributed by atoms with Gasteiger partial charge in [-0.3, -0.25) is 9.59 Å². The summed E-state index contributed by atoms with van der Waals surface area (Å²) in [5, 5.41) is 0. The molecule has 0 bridgehead atoms. The van der Waals surface area contributed by atoms with Crippen LogP contribution in [0.2, 0.25) is 0 Å². The molecular weight excluding hydrogens is 168 g/mol. The number of hydrogen-bond donors (Lipinski definition) is 0. The van der Waals surface area contributed by atoms with Gasteiger partial charge in [0.1, 0.15) is 5.78 Å². The zero-order valence-corrected chi connectivity index (χ0v) is 8.35. The maximum atomic E-state index is 10.6. The van der Waals surface area contributed by atoms with Crippen molar-refractivity contribution < 1.29 is 14.3 Å². The van der Waals surface area contributed by atoms with E-state index in [1.807, 2.05) is 13.8 Å². The number of carbonyl (C=O) groups excluding carboxylic acids is 2.